The first-order valence-electron chi connectivity index (χ1n) is 11.7. The first-order chi connectivity index (χ1) is 17.2. The molecule has 36 heavy (non-hydrogen) atoms. The minimum atomic E-state index is -3.52. The van der Waals surface area contributed by atoms with Gasteiger partial charge in [-0.25, -0.2) is 8.42 Å². The molecule has 10 nitrogen and oxygen atoms in total. The van der Waals surface area contributed by atoms with E-state index < -0.39 is 21.8 Å². The highest BCUT2D eigenvalue weighted by Crippen LogP contribution is 2.33. The van der Waals surface area contributed by atoms with Crippen LogP contribution in [0.15, 0.2) is 36.4 Å². The monoisotopic (exact) mass is 515 g/mol. The number of nitrogens with zero attached hydrogens (tertiary/aromatic N) is 2. The number of hydrogen-bond acceptors (Lipinski definition) is 7. The molecule has 0 aliphatic carbocycles. The molecule has 0 saturated heterocycles. The number of amides is 3. The summed E-state index contributed by atoms with van der Waals surface area (Å²) in [7, 11) is -0.417. The number of methoxy groups -OCH3 is 2. The van der Waals surface area contributed by atoms with Gasteiger partial charge in [0.05, 0.1) is 31.1 Å². The minimum absolute atomic E-state index is 0.0298. The molecular formula is C25H29N3O7S. The van der Waals surface area contributed by atoms with Crippen molar-refractivity contribution in [2.75, 3.05) is 39.6 Å². The topological polar surface area (TPSA) is 122 Å². The Morgan fingerprint density at radius 1 is 1.00 bits per heavy atom. The molecule has 0 bridgehead atoms. The molecule has 2 aliphatic heterocycles. The van der Waals surface area contributed by atoms with Gasteiger partial charge < -0.3 is 14.8 Å². The standard InChI is InChI=1S/C25H29N3O7S/c1-34-21-14-17-8-11-27(16-18(17)15-22(21)35-2)36(32,33)13-5-10-26-23(29)9-12-28-24(30)19-6-3-4-7-20(19)25(28)31/h3-4,6-7,14-15H,5,8-13,16H2,1-2H3,(H,26,29). The summed E-state index contributed by atoms with van der Waals surface area (Å²) in [5, 5.41) is 2.67. The number of nitrogens with one attached hydrogen (secondary N) is 1. The van der Waals surface area contributed by atoms with E-state index in [1.807, 2.05) is 12.1 Å². The third-order valence-electron chi connectivity index (χ3n) is 6.42. The lowest BCUT2D eigenvalue weighted by Crippen LogP contribution is -2.38. The third-order valence-corrected chi connectivity index (χ3v) is 8.32. The Bertz CT molecular complexity index is 1260. The van der Waals surface area contributed by atoms with Crippen molar-refractivity contribution in [1.29, 1.82) is 0 Å². The molecule has 1 N–H and O–H groups in total. The predicted octanol–water partition coefficient (Wildman–Crippen LogP) is 1.58. The summed E-state index contributed by atoms with van der Waals surface area (Å²) in [6.07, 6.45) is 0.770. The van der Waals surface area contributed by atoms with Crippen LogP contribution < -0.4 is 14.8 Å². The second kappa shape index (κ2) is 10.7. The van der Waals surface area contributed by atoms with Crippen LogP contribution in [0.25, 0.3) is 0 Å². The summed E-state index contributed by atoms with van der Waals surface area (Å²) in [5.41, 5.74) is 2.59. The van der Waals surface area contributed by atoms with Crippen molar-refractivity contribution in [3.05, 3.63) is 58.7 Å². The van der Waals surface area contributed by atoms with Crippen LogP contribution in [0.1, 0.15) is 44.7 Å². The van der Waals surface area contributed by atoms with Crippen LogP contribution in [-0.4, -0.2) is 75.0 Å². The molecular weight excluding hydrogens is 486 g/mol. The molecule has 2 aromatic rings. The van der Waals surface area contributed by atoms with Crippen LogP contribution in [0, 0.1) is 0 Å². The van der Waals surface area contributed by atoms with E-state index in [0.29, 0.717) is 35.6 Å². The quantitative estimate of drug-likeness (QED) is 0.377. The molecule has 192 valence electrons. The van der Waals surface area contributed by atoms with E-state index in [0.717, 1.165) is 16.0 Å². The van der Waals surface area contributed by atoms with Gasteiger partial charge in [0.1, 0.15) is 0 Å². The fourth-order valence-corrected chi connectivity index (χ4v) is 5.92. The third kappa shape index (κ3) is 5.21. The molecule has 2 aromatic carbocycles. The Labute approximate surface area is 210 Å². The van der Waals surface area contributed by atoms with Crippen molar-refractivity contribution in [2.24, 2.45) is 0 Å². The fraction of sp³-hybridized carbons (Fsp3) is 0.400. The number of fused-ring (bicyclic) bond motifs is 2. The zero-order chi connectivity index (χ0) is 25.9. The van der Waals surface area contributed by atoms with E-state index in [4.69, 9.17) is 9.47 Å². The van der Waals surface area contributed by atoms with Gasteiger partial charge in [-0.1, -0.05) is 12.1 Å². The SMILES string of the molecule is COc1cc2c(cc1OC)CN(S(=O)(=O)CCCNC(=O)CCN1C(=O)c3ccccc3C1=O)CC2. The second-order valence-corrected chi connectivity index (χ2v) is 10.7. The highest BCUT2D eigenvalue weighted by Gasteiger charge is 2.35. The van der Waals surface area contributed by atoms with Crippen LogP contribution in [-0.2, 0) is 27.8 Å². The predicted molar refractivity (Wildman–Crippen MR) is 131 cm³/mol. The lowest BCUT2D eigenvalue weighted by atomic mass is 10.0. The summed E-state index contributed by atoms with van der Waals surface area (Å²) in [6, 6.07) is 10.2. The molecule has 2 heterocycles. The maximum atomic E-state index is 12.9. The highest BCUT2D eigenvalue weighted by molar-refractivity contribution is 7.89. The van der Waals surface area contributed by atoms with Crippen LogP contribution in [0.2, 0.25) is 0 Å². The number of carbonyl (C=O) groups is 3. The van der Waals surface area contributed by atoms with Gasteiger partial charge in [-0.2, -0.15) is 4.31 Å². The van der Waals surface area contributed by atoms with Gasteiger partial charge in [0.15, 0.2) is 11.5 Å². The van der Waals surface area contributed by atoms with Gasteiger partial charge in [-0.15, -0.1) is 0 Å². The smallest absolute Gasteiger partial charge is 0.261 e. The van der Waals surface area contributed by atoms with Gasteiger partial charge in [0.2, 0.25) is 15.9 Å². The summed E-state index contributed by atoms with van der Waals surface area (Å²) in [5.74, 6) is -0.0983. The Kier molecular flexibility index (Phi) is 7.60. The molecule has 2 aliphatic rings. The molecule has 3 amide bonds. The molecule has 0 unspecified atom stereocenters. The molecule has 0 atom stereocenters. The minimum Gasteiger partial charge on any atom is -0.493 e. The molecule has 0 fully saturated rings. The van der Waals surface area contributed by atoms with Crippen molar-refractivity contribution in [1.82, 2.24) is 14.5 Å². The van der Waals surface area contributed by atoms with Crippen LogP contribution >= 0.6 is 0 Å². The van der Waals surface area contributed by atoms with E-state index in [1.54, 1.807) is 31.4 Å². The van der Waals surface area contributed by atoms with Crippen molar-refractivity contribution in [3.8, 4) is 11.5 Å². The number of imide groups is 1. The normalized spacial score (nSPS) is 15.4. The van der Waals surface area contributed by atoms with E-state index in [-0.39, 0.29) is 44.1 Å². The maximum Gasteiger partial charge on any atom is 0.261 e. The summed E-state index contributed by atoms with van der Waals surface area (Å²) < 4.78 is 37.9. The van der Waals surface area contributed by atoms with Crippen LogP contribution in [0.5, 0.6) is 11.5 Å². The zero-order valence-corrected chi connectivity index (χ0v) is 21.1. The van der Waals surface area contributed by atoms with Crippen molar-refractivity contribution < 1.29 is 32.3 Å². The molecule has 0 radical (unpaired) electrons. The maximum absolute atomic E-state index is 12.9. The average Bonchev–Trinajstić information content (AvgIpc) is 3.13. The van der Waals surface area contributed by atoms with E-state index in [9.17, 15) is 22.8 Å². The van der Waals surface area contributed by atoms with Crippen molar-refractivity contribution in [2.45, 2.75) is 25.8 Å². The Morgan fingerprint density at radius 2 is 1.61 bits per heavy atom. The second-order valence-electron chi connectivity index (χ2n) is 8.64. The molecule has 0 spiro atoms. The van der Waals surface area contributed by atoms with E-state index in [2.05, 4.69) is 5.32 Å². The number of carbonyl (C=O) groups excluding carboxylic acids is 3. The highest BCUT2D eigenvalue weighted by atomic mass is 32.2. The van der Waals surface area contributed by atoms with Crippen LogP contribution in [0.4, 0.5) is 0 Å². The van der Waals surface area contributed by atoms with Crippen molar-refractivity contribution >= 4 is 27.7 Å². The number of hydrogen-bond donors (Lipinski definition) is 1. The Balaban J connectivity index is 1.23. The number of ether oxygens (including phenoxy) is 2. The van der Waals surface area contributed by atoms with Gasteiger partial charge >= 0.3 is 0 Å². The van der Waals surface area contributed by atoms with E-state index >= 15 is 0 Å². The lowest BCUT2D eigenvalue weighted by molar-refractivity contribution is -0.121. The Hall–Kier alpha value is -3.44. The lowest BCUT2D eigenvalue weighted by Gasteiger charge is -2.29. The first-order valence-corrected chi connectivity index (χ1v) is 13.3. The summed E-state index contributed by atoms with van der Waals surface area (Å²) >= 11 is 0. The average molecular weight is 516 g/mol. The number of sulfonamides is 1. The van der Waals surface area contributed by atoms with E-state index in [1.165, 1.54) is 11.4 Å². The van der Waals surface area contributed by atoms with Crippen LogP contribution in [0.3, 0.4) is 0 Å². The van der Waals surface area contributed by atoms with Gasteiger partial charge in [-0.3, -0.25) is 19.3 Å². The summed E-state index contributed by atoms with van der Waals surface area (Å²) in [6.45, 7) is 0.773. The van der Waals surface area contributed by atoms with Gasteiger partial charge in [-0.05, 0) is 48.2 Å². The largest absolute Gasteiger partial charge is 0.493 e. The first kappa shape index (κ1) is 25.6. The molecule has 11 heteroatoms. The molecule has 0 saturated carbocycles. The fourth-order valence-electron chi connectivity index (χ4n) is 4.45. The Morgan fingerprint density at radius 3 is 2.22 bits per heavy atom. The molecule has 0 aromatic heterocycles. The summed E-state index contributed by atoms with van der Waals surface area (Å²) in [4.78, 5) is 38.0. The van der Waals surface area contributed by atoms with Gasteiger partial charge in [0, 0.05) is 32.6 Å². The number of rotatable bonds is 10. The van der Waals surface area contributed by atoms with Gasteiger partial charge in [0.25, 0.3) is 11.8 Å². The molecule has 4 rings (SSSR count). The van der Waals surface area contributed by atoms with Crippen molar-refractivity contribution in [3.63, 3.8) is 0 Å². The number of benzene rings is 2. The zero-order valence-electron chi connectivity index (χ0n) is 20.3.